The third-order valence-corrected chi connectivity index (χ3v) is 0.723. The van der Waals surface area contributed by atoms with Gasteiger partial charge in [-0.3, -0.25) is 0 Å². The smallest absolute Gasteiger partial charge is 1.00 e. The summed E-state index contributed by atoms with van der Waals surface area (Å²) in [6.07, 6.45) is 0.595. The average molecular weight is 160 g/mol. The standard InChI is InChI=1S/C5H10O3.Ca.2H/c1-2-3-4-8-5(6)7;;;/h2-4H2,1H3,(H,6,7);;;/q;+2;2*-1. The second kappa shape index (κ2) is 8.53. The Morgan fingerprint density at radius 1 is 1.78 bits per heavy atom. The van der Waals surface area contributed by atoms with E-state index >= 15 is 0 Å². The van der Waals surface area contributed by atoms with Crippen LogP contribution in [0.1, 0.15) is 22.6 Å². The maximum absolute atomic E-state index is 9.65. The van der Waals surface area contributed by atoms with Gasteiger partial charge in [0, 0.05) is 0 Å². The summed E-state index contributed by atoms with van der Waals surface area (Å²) >= 11 is 0. The van der Waals surface area contributed by atoms with Crippen molar-refractivity contribution in [3.63, 3.8) is 0 Å². The zero-order chi connectivity index (χ0) is 6.41. The number of hydrogen-bond acceptors (Lipinski definition) is 2. The molecule has 9 heavy (non-hydrogen) atoms. The quantitative estimate of drug-likeness (QED) is 0.385. The van der Waals surface area contributed by atoms with E-state index in [0.717, 1.165) is 12.8 Å². The predicted molar refractivity (Wildman–Crippen MR) is 36.9 cm³/mol. The summed E-state index contributed by atoms with van der Waals surface area (Å²) in [5.74, 6) is 0. The molecule has 0 unspecified atom stereocenters. The van der Waals surface area contributed by atoms with Crippen molar-refractivity contribution in [2.24, 2.45) is 0 Å². The molecule has 0 amide bonds. The molecule has 1 N–H and O–H groups in total. The Hall–Kier alpha value is 0.530. The molecular weight excluding hydrogens is 148 g/mol. The maximum Gasteiger partial charge on any atom is 2.00 e. The Morgan fingerprint density at radius 2 is 2.33 bits per heavy atom. The van der Waals surface area contributed by atoms with Crippen LogP contribution in [0.15, 0.2) is 0 Å². The van der Waals surface area contributed by atoms with Crippen LogP contribution in [-0.4, -0.2) is 55.6 Å². The summed E-state index contributed by atoms with van der Waals surface area (Å²) in [7, 11) is 0. The van der Waals surface area contributed by atoms with E-state index in [1.54, 1.807) is 0 Å². The molecule has 0 aromatic heterocycles. The molecule has 4 heteroatoms. The van der Waals surface area contributed by atoms with Crippen LogP contribution in [0, 0.1) is 0 Å². The monoisotopic (exact) mass is 160 g/mol. The van der Waals surface area contributed by atoms with Gasteiger partial charge in [-0.1, -0.05) is 13.3 Å². The molecule has 0 aliphatic heterocycles. The number of rotatable bonds is 3. The fourth-order valence-electron chi connectivity index (χ4n) is 0.304. The van der Waals surface area contributed by atoms with Crippen molar-refractivity contribution in [3.8, 4) is 0 Å². The van der Waals surface area contributed by atoms with Gasteiger partial charge in [0.15, 0.2) is 0 Å². The van der Waals surface area contributed by atoms with Crippen molar-refractivity contribution in [2.45, 2.75) is 19.8 Å². The zero-order valence-corrected chi connectivity index (χ0v) is 7.80. The SMILES string of the molecule is CCCCOC(=O)O.[Ca+2].[H-].[H-]. The van der Waals surface area contributed by atoms with Crippen LogP contribution < -0.4 is 0 Å². The number of carboxylic acid groups (broad SMARTS) is 1. The van der Waals surface area contributed by atoms with E-state index in [1.165, 1.54) is 0 Å². The number of hydrogen-bond donors (Lipinski definition) is 1. The van der Waals surface area contributed by atoms with E-state index in [1.807, 2.05) is 6.92 Å². The van der Waals surface area contributed by atoms with Gasteiger partial charge >= 0.3 is 43.9 Å². The minimum Gasteiger partial charge on any atom is -1.00 e. The number of carbonyl (C=O) groups is 1. The first-order chi connectivity index (χ1) is 3.77. The largest absolute Gasteiger partial charge is 2.00 e. The molecule has 0 atom stereocenters. The molecule has 0 fully saturated rings. The summed E-state index contributed by atoms with van der Waals surface area (Å²) in [4.78, 5) is 9.65. The molecule has 0 aromatic carbocycles. The molecule has 0 aromatic rings. The van der Waals surface area contributed by atoms with Crippen LogP contribution in [0.5, 0.6) is 0 Å². The van der Waals surface area contributed by atoms with E-state index in [0.29, 0.717) is 6.61 Å². The van der Waals surface area contributed by atoms with Gasteiger partial charge in [0.05, 0.1) is 6.61 Å². The number of unbranched alkanes of at least 4 members (excludes halogenated alkanes) is 1. The third-order valence-electron chi connectivity index (χ3n) is 0.723. The molecule has 52 valence electrons. The fourth-order valence-corrected chi connectivity index (χ4v) is 0.304. The van der Waals surface area contributed by atoms with Gasteiger partial charge in [0.2, 0.25) is 0 Å². The van der Waals surface area contributed by atoms with Crippen molar-refractivity contribution in [1.29, 1.82) is 0 Å². The molecule has 0 spiro atoms. The summed E-state index contributed by atoms with van der Waals surface area (Å²) in [5, 5.41) is 7.92. The molecular formula is C5H12CaO3. The molecule has 0 bridgehead atoms. The van der Waals surface area contributed by atoms with E-state index in [9.17, 15) is 4.79 Å². The van der Waals surface area contributed by atoms with E-state index in [-0.39, 0.29) is 40.6 Å². The van der Waals surface area contributed by atoms with Crippen LogP contribution in [0.4, 0.5) is 4.79 Å². The van der Waals surface area contributed by atoms with Gasteiger partial charge in [0.1, 0.15) is 0 Å². The molecule has 0 aliphatic rings. The van der Waals surface area contributed by atoms with Gasteiger partial charge in [-0.25, -0.2) is 4.79 Å². The van der Waals surface area contributed by atoms with Crippen molar-refractivity contribution in [1.82, 2.24) is 0 Å². The van der Waals surface area contributed by atoms with Gasteiger partial charge in [-0.15, -0.1) is 0 Å². The molecule has 0 aliphatic carbocycles. The van der Waals surface area contributed by atoms with Crippen LogP contribution in [0.3, 0.4) is 0 Å². The predicted octanol–water partition coefficient (Wildman–Crippen LogP) is 1.33. The van der Waals surface area contributed by atoms with Crippen molar-refractivity contribution < 1.29 is 17.5 Å². The van der Waals surface area contributed by atoms with E-state index < -0.39 is 6.16 Å². The number of ether oxygens (including phenoxy) is 1. The molecule has 0 heterocycles. The molecule has 0 radical (unpaired) electrons. The Balaban J connectivity index is -0.0000000817. The molecule has 0 saturated heterocycles. The first-order valence-electron chi connectivity index (χ1n) is 2.63. The first kappa shape index (κ1) is 12.2. The second-order valence-electron chi connectivity index (χ2n) is 1.47. The van der Waals surface area contributed by atoms with Gasteiger partial charge in [-0.2, -0.15) is 0 Å². The molecule has 0 saturated carbocycles. The van der Waals surface area contributed by atoms with Gasteiger partial charge in [0.25, 0.3) is 0 Å². The van der Waals surface area contributed by atoms with Crippen LogP contribution in [0.2, 0.25) is 0 Å². The van der Waals surface area contributed by atoms with E-state index in [2.05, 4.69) is 4.74 Å². The van der Waals surface area contributed by atoms with Crippen LogP contribution in [-0.2, 0) is 4.74 Å². The summed E-state index contributed by atoms with van der Waals surface area (Å²) in [5.41, 5.74) is 0. The van der Waals surface area contributed by atoms with Crippen molar-refractivity contribution in [3.05, 3.63) is 0 Å². The van der Waals surface area contributed by atoms with E-state index in [4.69, 9.17) is 5.11 Å². The fraction of sp³-hybridized carbons (Fsp3) is 0.800. The second-order valence-corrected chi connectivity index (χ2v) is 1.47. The Labute approximate surface area is 87.4 Å². The minimum atomic E-state index is -1.18. The van der Waals surface area contributed by atoms with Crippen LogP contribution >= 0.6 is 0 Å². The Morgan fingerprint density at radius 3 is 2.67 bits per heavy atom. The normalized spacial score (nSPS) is 7.67. The van der Waals surface area contributed by atoms with Crippen molar-refractivity contribution in [2.75, 3.05) is 6.61 Å². The zero-order valence-electron chi connectivity index (χ0n) is 7.59. The molecule has 0 rings (SSSR count). The third kappa shape index (κ3) is 11.9. The maximum atomic E-state index is 9.65. The summed E-state index contributed by atoms with van der Waals surface area (Å²) in [6.45, 7) is 2.30. The Bertz CT molecular complexity index is 82.1. The Kier molecular flexibility index (Phi) is 11.6. The van der Waals surface area contributed by atoms with Crippen LogP contribution in [0.25, 0.3) is 0 Å². The van der Waals surface area contributed by atoms with Gasteiger partial charge < -0.3 is 12.7 Å². The molecule has 3 nitrogen and oxygen atoms in total. The van der Waals surface area contributed by atoms with Gasteiger partial charge in [-0.05, 0) is 6.42 Å². The topological polar surface area (TPSA) is 46.5 Å². The summed E-state index contributed by atoms with van der Waals surface area (Å²) < 4.78 is 4.20. The summed E-state index contributed by atoms with van der Waals surface area (Å²) in [6, 6.07) is 0. The average Bonchev–Trinajstić information content (AvgIpc) is 1.66. The minimum absolute atomic E-state index is 0. The van der Waals surface area contributed by atoms with Crippen molar-refractivity contribution >= 4 is 43.9 Å². The first-order valence-corrected chi connectivity index (χ1v) is 2.63.